The first-order valence-electron chi connectivity index (χ1n) is 9.63. The summed E-state index contributed by atoms with van der Waals surface area (Å²) < 4.78 is 0. The molecule has 0 spiro atoms. The number of carbonyl (C=O) groups is 2. The summed E-state index contributed by atoms with van der Waals surface area (Å²) in [4.78, 5) is 33.6. The predicted octanol–water partition coefficient (Wildman–Crippen LogP) is 2.29. The molecule has 3 aliphatic heterocycles. The standard InChI is InChI=1S/C20H26N4O2S/c1-13-12-23(16-7-3-4-8-17(16)24(13)14(2)25)20(26)18-11-22-19(27-18)15-6-5-9-21-10-15/h3-4,7-9,13,15,18-19,22H,5-6,10-12H2,1-2H3/t13-,15?,18?,19?/m0/s1. The fourth-order valence-electron chi connectivity index (χ4n) is 4.29. The molecule has 2 amide bonds. The first-order valence-corrected chi connectivity index (χ1v) is 10.6. The number of carbonyl (C=O) groups excluding carboxylic acids is 2. The van der Waals surface area contributed by atoms with E-state index in [1.54, 1.807) is 23.6 Å². The second-order valence-electron chi connectivity index (χ2n) is 7.51. The third-order valence-electron chi connectivity index (χ3n) is 5.58. The molecule has 0 radical (unpaired) electrons. The Kier molecular flexibility index (Phi) is 5.23. The number of nitrogens with one attached hydrogen (secondary N) is 1. The Bertz CT molecular complexity index is 768. The van der Waals surface area contributed by atoms with E-state index in [1.165, 1.54) is 0 Å². The van der Waals surface area contributed by atoms with Gasteiger partial charge in [-0.25, -0.2) is 0 Å². The highest BCUT2D eigenvalue weighted by molar-refractivity contribution is 8.01. The minimum Gasteiger partial charge on any atom is -0.307 e. The lowest BCUT2D eigenvalue weighted by molar-refractivity contribution is -0.119. The molecule has 7 heteroatoms. The van der Waals surface area contributed by atoms with Crippen LogP contribution in [0, 0.1) is 5.92 Å². The Labute approximate surface area is 164 Å². The van der Waals surface area contributed by atoms with E-state index in [-0.39, 0.29) is 23.1 Å². The second kappa shape index (κ2) is 7.64. The first-order chi connectivity index (χ1) is 13.1. The van der Waals surface area contributed by atoms with Crippen LogP contribution < -0.4 is 15.1 Å². The highest BCUT2D eigenvalue weighted by Gasteiger charge is 2.40. The molecule has 1 saturated heterocycles. The van der Waals surface area contributed by atoms with E-state index in [0.717, 1.165) is 30.8 Å². The summed E-state index contributed by atoms with van der Waals surface area (Å²) in [6.45, 7) is 5.66. The molecule has 0 bridgehead atoms. The Morgan fingerprint density at radius 3 is 2.74 bits per heavy atom. The number of aliphatic imine (C=N–C) groups is 1. The molecule has 144 valence electrons. The number of hydrogen-bond acceptors (Lipinski definition) is 5. The van der Waals surface area contributed by atoms with Gasteiger partial charge in [-0.15, -0.1) is 11.8 Å². The second-order valence-corrected chi connectivity index (χ2v) is 8.86. The lowest BCUT2D eigenvalue weighted by atomic mass is 10.0. The first kappa shape index (κ1) is 18.5. The maximum atomic E-state index is 13.3. The van der Waals surface area contributed by atoms with Crippen molar-refractivity contribution in [1.29, 1.82) is 0 Å². The Morgan fingerprint density at radius 1 is 1.26 bits per heavy atom. The van der Waals surface area contributed by atoms with Gasteiger partial charge in [0.15, 0.2) is 0 Å². The van der Waals surface area contributed by atoms with Gasteiger partial charge < -0.3 is 15.1 Å². The number of thioether (sulfide) groups is 1. The number of para-hydroxylation sites is 2. The molecule has 1 N–H and O–H groups in total. The number of benzene rings is 1. The molecular weight excluding hydrogens is 360 g/mol. The Hall–Kier alpha value is -1.86. The van der Waals surface area contributed by atoms with Crippen molar-refractivity contribution in [3.8, 4) is 0 Å². The van der Waals surface area contributed by atoms with Crippen LogP contribution in [-0.2, 0) is 9.59 Å². The molecule has 3 aliphatic rings. The van der Waals surface area contributed by atoms with Crippen LogP contribution in [-0.4, -0.2) is 54.3 Å². The molecule has 4 rings (SSSR count). The number of anilines is 2. The molecule has 1 fully saturated rings. The van der Waals surface area contributed by atoms with Gasteiger partial charge in [0.05, 0.1) is 28.0 Å². The topological polar surface area (TPSA) is 65.0 Å². The number of rotatable bonds is 2. The summed E-state index contributed by atoms with van der Waals surface area (Å²) in [6, 6.07) is 7.67. The number of hydrogen-bond donors (Lipinski definition) is 1. The molecule has 0 aromatic heterocycles. The monoisotopic (exact) mass is 386 g/mol. The summed E-state index contributed by atoms with van der Waals surface area (Å²) in [6.07, 6.45) is 4.16. The van der Waals surface area contributed by atoms with E-state index in [2.05, 4.69) is 10.3 Å². The van der Waals surface area contributed by atoms with Gasteiger partial charge in [-0.1, -0.05) is 12.1 Å². The summed E-state index contributed by atoms with van der Waals surface area (Å²) >= 11 is 1.75. The lowest BCUT2D eigenvalue weighted by Gasteiger charge is -2.41. The molecule has 0 aliphatic carbocycles. The molecule has 0 saturated carbocycles. The normalized spacial score (nSPS) is 30.3. The van der Waals surface area contributed by atoms with Crippen molar-refractivity contribution in [2.75, 3.05) is 29.4 Å². The van der Waals surface area contributed by atoms with Gasteiger partial charge in [-0.05, 0) is 38.1 Å². The van der Waals surface area contributed by atoms with Gasteiger partial charge in [-0.2, -0.15) is 0 Å². The third kappa shape index (κ3) is 3.50. The van der Waals surface area contributed by atoms with Crippen LogP contribution >= 0.6 is 11.8 Å². The SMILES string of the molecule is CC(=O)N1c2ccccc2N(C(=O)C2CNC(C3CCC=NC3)S2)C[C@@H]1C. The van der Waals surface area contributed by atoms with E-state index in [0.29, 0.717) is 24.4 Å². The minimum atomic E-state index is -0.0926. The van der Waals surface area contributed by atoms with E-state index in [9.17, 15) is 9.59 Å². The average molecular weight is 387 g/mol. The van der Waals surface area contributed by atoms with Crippen molar-refractivity contribution in [3.05, 3.63) is 24.3 Å². The summed E-state index contributed by atoms with van der Waals surface area (Å²) in [5.41, 5.74) is 1.66. The number of amides is 2. The average Bonchev–Trinajstić information content (AvgIpc) is 3.17. The molecule has 3 heterocycles. The zero-order valence-electron chi connectivity index (χ0n) is 15.8. The van der Waals surface area contributed by atoms with Crippen molar-refractivity contribution in [2.24, 2.45) is 10.9 Å². The lowest BCUT2D eigenvalue weighted by Crippen LogP contribution is -2.53. The molecule has 1 aromatic rings. The molecular formula is C20H26N4O2S. The van der Waals surface area contributed by atoms with Crippen LogP contribution in [0.5, 0.6) is 0 Å². The molecule has 27 heavy (non-hydrogen) atoms. The molecule has 1 aromatic carbocycles. The maximum Gasteiger partial charge on any atom is 0.241 e. The molecule has 3 unspecified atom stereocenters. The van der Waals surface area contributed by atoms with Crippen molar-refractivity contribution in [1.82, 2.24) is 5.32 Å². The zero-order chi connectivity index (χ0) is 19.0. The van der Waals surface area contributed by atoms with Crippen LogP contribution in [0.15, 0.2) is 29.3 Å². The maximum absolute atomic E-state index is 13.3. The van der Waals surface area contributed by atoms with Crippen LogP contribution in [0.4, 0.5) is 11.4 Å². The highest BCUT2D eigenvalue weighted by atomic mass is 32.2. The Morgan fingerprint density at radius 2 is 2.04 bits per heavy atom. The summed E-state index contributed by atoms with van der Waals surface area (Å²) in [5, 5.41) is 3.74. The zero-order valence-corrected chi connectivity index (χ0v) is 16.6. The van der Waals surface area contributed by atoms with Gasteiger partial charge in [0, 0.05) is 32.5 Å². The van der Waals surface area contributed by atoms with Crippen LogP contribution in [0.1, 0.15) is 26.7 Å². The van der Waals surface area contributed by atoms with Gasteiger partial charge in [-0.3, -0.25) is 14.6 Å². The van der Waals surface area contributed by atoms with Crippen molar-refractivity contribution >= 4 is 41.2 Å². The Balaban J connectivity index is 1.53. The number of fused-ring (bicyclic) bond motifs is 1. The fourth-order valence-corrected chi connectivity index (χ4v) is 5.72. The number of nitrogens with zero attached hydrogens (tertiary/aromatic N) is 3. The van der Waals surface area contributed by atoms with Crippen LogP contribution in [0.25, 0.3) is 0 Å². The van der Waals surface area contributed by atoms with E-state index in [1.807, 2.05) is 42.3 Å². The third-order valence-corrected chi connectivity index (χ3v) is 7.12. The largest absolute Gasteiger partial charge is 0.307 e. The van der Waals surface area contributed by atoms with Gasteiger partial charge in [0.2, 0.25) is 11.8 Å². The predicted molar refractivity (Wildman–Crippen MR) is 111 cm³/mol. The minimum absolute atomic E-state index is 0.0110. The van der Waals surface area contributed by atoms with Gasteiger partial charge in [0.25, 0.3) is 0 Å². The molecule has 4 atom stereocenters. The smallest absolute Gasteiger partial charge is 0.241 e. The van der Waals surface area contributed by atoms with Gasteiger partial charge in [0.1, 0.15) is 0 Å². The van der Waals surface area contributed by atoms with E-state index < -0.39 is 0 Å². The highest BCUT2D eigenvalue weighted by Crippen LogP contribution is 2.38. The summed E-state index contributed by atoms with van der Waals surface area (Å²) in [5.74, 6) is 0.646. The van der Waals surface area contributed by atoms with Crippen molar-refractivity contribution < 1.29 is 9.59 Å². The van der Waals surface area contributed by atoms with Gasteiger partial charge >= 0.3 is 0 Å². The molecule has 6 nitrogen and oxygen atoms in total. The van der Waals surface area contributed by atoms with Crippen LogP contribution in [0.3, 0.4) is 0 Å². The summed E-state index contributed by atoms with van der Waals surface area (Å²) in [7, 11) is 0. The quantitative estimate of drug-likeness (QED) is 0.847. The van der Waals surface area contributed by atoms with E-state index in [4.69, 9.17) is 0 Å². The van der Waals surface area contributed by atoms with Crippen molar-refractivity contribution in [2.45, 2.75) is 43.4 Å². The van der Waals surface area contributed by atoms with E-state index >= 15 is 0 Å². The fraction of sp³-hybridized carbons (Fsp3) is 0.550. The van der Waals surface area contributed by atoms with Crippen molar-refractivity contribution in [3.63, 3.8) is 0 Å². The van der Waals surface area contributed by atoms with Crippen LogP contribution in [0.2, 0.25) is 0 Å².